The summed E-state index contributed by atoms with van der Waals surface area (Å²) in [5, 5.41) is 1.10. The second-order valence-electron chi connectivity index (χ2n) is 4.71. The van der Waals surface area contributed by atoms with Crippen LogP contribution in [-0.4, -0.2) is 19.2 Å². The maximum atomic E-state index is 10.9. The minimum atomic E-state index is -0.369. The number of unbranched alkanes of at least 4 members (excludes halogenated alkanes) is 2. The Morgan fingerprint density at radius 3 is 2.82 bits per heavy atom. The number of benzene rings is 1. The number of carbonyl (C=O) groups is 1. The van der Waals surface area contributed by atoms with Crippen LogP contribution in [0.15, 0.2) is 43.0 Å². The van der Waals surface area contributed by atoms with E-state index in [0.717, 1.165) is 38.9 Å². The zero-order valence-corrected chi connectivity index (χ0v) is 13.9. The van der Waals surface area contributed by atoms with Gasteiger partial charge in [-0.05, 0) is 31.4 Å². The van der Waals surface area contributed by atoms with Gasteiger partial charge < -0.3 is 9.47 Å². The molecule has 0 aliphatic heterocycles. The fraction of sp³-hybridized carbons (Fsp3) is 0.294. The van der Waals surface area contributed by atoms with Gasteiger partial charge in [-0.15, -0.1) is 11.3 Å². The first-order valence-corrected chi connectivity index (χ1v) is 8.38. The monoisotopic (exact) mass is 334 g/mol. The maximum absolute atomic E-state index is 10.9. The van der Waals surface area contributed by atoms with E-state index < -0.39 is 0 Å². The van der Waals surface area contributed by atoms with Crippen LogP contribution in [0.3, 0.4) is 0 Å². The fourth-order valence-electron chi connectivity index (χ4n) is 2.00. The van der Waals surface area contributed by atoms with Crippen LogP contribution in [0.1, 0.15) is 19.3 Å². The Hall–Kier alpha value is -1.72. The topological polar surface area (TPSA) is 35.5 Å². The molecule has 0 spiro atoms. The summed E-state index contributed by atoms with van der Waals surface area (Å²) in [5.41, 5.74) is 0. The predicted molar refractivity (Wildman–Crippen MR) is 93.2 cm³/mol. The van der Waals surface area contributed by atoms with Gasteiger partial charge in [0, 0.05) is 22.2 Å². The van der Waals surface area contributed by atoms with Crippen LogP contribution in [0.2, 0.25) is 0 Å². The molecule has 116 valence electrons. The molecule has 0 N–H and O–H groups in total. The zero-order chi connectivity index (χ0) is 15.8. The minimum absolute atomic E-state index is 0.369. The third-order valence-electron chi connectivity index (χ3n) is 3.07. The van der Waals surface area contributed by atoms with E-state index in [1.807, 2.05) is 24.3 Å². The molecule has 1 aromatic carbocycles. The lowest BCUT2D eigenvalue weighted by Gasteiger charge is -2.09. The number of carbonyl (C=O) groups excluding carboxylic acids is 1. The van der Waals surface area contributed by atoms with Crippen molar-refractivity contribution in [2.45, 2.75) is 19.3 Å². The van der Waals surface area contributed by atoms with Gasteiger partial charge >= 0.3 is 5.97 Å². The summed E-state index contributed by atoms with van der Waals surface area (Å²) in [6.07, 6.45) is 3.85. The average molecular weight is 334 g/mol. The third kappa shape index (κ3) is 4.93. The summed E-state index contributed by atoms with van der Waals surface area (Å²) < 4.78 is 12.7. The number of hydrogen-bond acceptors (Lipinski definition) is 5. The molecule has 1 heterocycles. The normalized spacial score (nSPS) is 10.4. The summed E-state index contributed by atoms with van der Waals surface area (Å²) in [6.45, 7) is 4.41. The van der Waals surface area contributed by atoms with Crippen molar-refractivity contribution in [3.8, 4) is 5.75 Å². The van der Waals surface area contributed by atoms with Gasteiger partial charge in [0.25, 0.3) is 0 Å². The highest BCUT2D eigenvalue weighted by Gasteiger charge is 2.03. The molecule has 0 saturated carbocycles. The third-order valence-corrected chi connectivity index (χ3v) is 4.33. The smallest absolute Gasteiger partial charge is 0.330 e. The first-order valence-electron chi connectivity index (χ1n) is 7.15. The molecule has 0 atom stereocenters. The molecule has 0 unspecified atom stereocenters. The van der Waals surface area contributed by atoms with Crippen LogP contribution in [-0.2, 0) is 9.53 Å². The van der Waals surface area contributed by atoms with Crippen LogP contribution in [0, 0.1) is 3.82 Å². The van der Waals surface area contributed by atoms with Crippen molar-refractivity contribution in [1.82, 2.24) is 0 Å². The number of fused-ring (bicyclic) bond motifs is 1. The SMILES string of the molecule is C=CC(=O)OCCCCCOc1cc(=S)sc2ccccc12. The molecular weight excluding hydrogens is 316 g/mol. The van der Waals surface area contributed by atoms with E-state index >= 15 is 0 Å². The van der Waals surface area contributed by atoms with Crippen LogP contribution < -0.4 is 4.74 Å². The van der Waals surface area contributed by atoms with Gasteiger partial charge in [-0.3, -0.25) is 0 Å². The lowest BCUT2D eigenvalue weighted by molar-refractivity contribution is -0.137. The molecule has 2 aromatic rings. The number of hydrogen-bond donors (Lipinski definition) is 0. The van der Waals surface area contributed by atoms with E-state index in [4.69, 9.17) is 21.7 Å². The van der Waals surface area contributed by atoms with Crippen LogP contribution in [0.5, 0.6) is 5.75 Å². The maximum Gasteiger partial charge on any atom is 0.330 e. The van der Waals surface area contributed by atoms with Crippen molar-refractivity contribution in [3.05, 3.63) is 46.8 Å². The Morgan fingerprint density at radius 1 is 1.23 bits per heavy atom. The van der Waals surface area contributed by atoms with Gasteiger partial charge in [-0.2, -0.15) is 0 Å². The van der Waals surface area contributed by atoms with Gasteiger partial charge in [0.15, 0.2) is 0 Å². The highest BCUT2D eigenvalue weighted by atomic mass is 32.1. The van der Waals surface area contributed by atoms with Crippen molar-refractivity contribution >= 4 is 39.6 Å². The highest BCUT2D eigenvalue weighted by Crippen LogP contribution is 2.29. The molecule has 0 bridgehead atoms. The number of rotatable bonds is 8. The Morgan fingerprint density at radius 2 is 2.00 bits per heavy atom. The molecule has 0 amide bonds. The van der Waals surface area contributed by atoms with Crippen LogP contribution in [0.25, 0.3) is 10.1 Å². The molecule has 5 heteroatoms. The zero-order valence-electron chi connectivity index (χ0n) is 12.2. The quantitative estimate of drug-likeness (QED) is 0.297. The van der Waals surface area contributed by atoms with Gasteiger partial charge in [-0.1, -0.05) is 30.9 Å². The largest absolute Gasteiger partial charge is 0.493 e. The van der Waals surface area contributed by atoms with Gasteiger partial charge in [0.05, 0.1) is 17.0 Å². The van der Waals surface area contributed by atoms with Crippen molar-refractivity contribution in [3.63, 3.8) is 0 Å². The molecular formula is C17H18O3S2. The van der Waals surface area contributed by atoms with E-state index in [-0.39, 0.29) is 5.97 Å². The lowest BCUT2D eigenvalue weighted by atomic mass is 10.2. The summed E-state index contributed by atoms with van der Waals surface area (Å²) >= 11 is 6.87. The van der Waals surface area contributed by atoms with Crippen LogP contribution >= 0.6 is 23.6 Å². The van der Waals surface area contributed by atoms with Gasteiger partial charge in [-0.25, -0.2) is 4.79 Å². The van der Waals surface area contributed by atoms with Crippen molar-refractivity contribution in [2.24, 2.45) is 0 Å². The molecule has 1 aromatic heterocycles. The van der Waals surface area contributed by atoms with Crippen LogP contribution in [0.4, 0.5) is 0 Å². The van der Waals surface area contributed by atoms with E-state index in [1.54, 1.807) is 11.3 Å². The summed E-state index contributed by atoms with van der Waals surface area (Å²) in [7, 11) is 0. The Bertz CT molecular complexity index is 706. The van der Waals surface area contributed by atoms with E-state index in [2.05, 4.69) is 12.6 Å². The van der Waals surface area contributed by atoms with E-state index in [9.17, 15) is 4.79 Å². The first kappa shape index (κ1) is 16.6. The Balaban J connectivity index is 1.79. The van der Waals surface area contributed by atoms with E-state index in [0.29, 0.717) is 13.2 Å². The average Bonchev–Trinajstić information content (AvgIpc) is 2.53. The first-order chi connectivity index (χ1) is 10.7. The summed E-state index contributed by atoms with van der Waals surface area (Å²) in [4.78, 5) is 10.9. The summed E-state index contributed by atoms with van der Waals surface area (Å²) in [6, 6.07) is 10.0. The number of ether oxygens (including phenoxy) is 2. The molecule has 0 aliphatic rings. The summed E-state index contributed by atoms with van der Waals surface area (Å²) in [5.74, 6) is 0.476. The van der Waals surface area contributed by atoms with Crippen molar-refractivity contribution in [2.75, 3.05) is 13.2 Å². The molecule has 0 radical (unpaired) electrons. The standard InChI is InChI=1S/C17H18O3S2/c1-2-16(18)20-11-7-3-6-10-19-14-12-17(21)22-15-9-5-4-8-13(14)15/h2,4-5,8-9,12H,1,3,6-7,10-11H2. The van der Waals surface area contributed by atoms with Gasteiger partial charge in [0.1, 0.15) is 5.75 Å². The molecule has 0 aliphatic carbocycles. The second kappa shape index (κ2) is 8.66. The highest BCUT2D eigenvalue weighted by molar-refractivity contribution is 7.73. The molecule has 22 heavy (non-hydrogen) atoms. The molecule has 0 saturated heterocycles. The Labute approximate surface area is 139 Å². The fourth-order valence-corrected chi connectivity index (χ4v) is 3.18. The number of esters is 1. The molecule has 0 fully saturated rings. The Kier molecular flexibility index (Phi) is 6.55. The van der Waals surface area contributed by atoms with Gasteiger partial charge in [0.2, 0.25) is 0 Å². The predicted octanol–water partition coefficient (Wildman–Crippen LogP) is 4.91. The second-order valence-corrected chi connectivity index (χ2v) is 6.49. The molecule has 3 nitrogen and oxygen atoms in total. The molecule has 2 rings (SSSR count). The lowest BCUT2D eigenvalue weighted by Crippen LogP contribution is -2.03. The van der Waals surface area contributed by atoms with E-state index in [1.165, 1.54) is 6.08 Å². The van der Waals surface area contributed by atoms with Crippen molar-refractivity contribution in [1.29, 1.82) is 0 Å². The van der Waals surface area contributed by atoms with Crippen molar-refractivity contribution < 1.29 is 14.3 Å². The minimum Gasteiger partial charge on any atom is -0.493 e.